The first-order chi connectivity index (χ1) is 9.15. The maximum atomic E-state index is 12.3. The predicted molar refractivity (Wildman–Crippen MR) is 76.0 cm³/mol. The van der Waals surface area contributed by atoms with Crippen LogP contribution in [0.2, 0.25) is 0 Å². The molecule has 0 aliphatic rings. The summed E-state index contributed by atoms with van der Waals surface area (Å²) in [6.07, 6.45) is 2.22. The first kappa shape index (κ1) is 12.2. The van der Waals surface area contributed by atoms with Crippen LogP contribution >= 0.6 is 23.6 Å². The lowest BCUT2D eigenvalue weighted by Gasteiger charge is -2.04. The highest BCUT2D eigenvalue weighted by atomic mass is 32.1. The zero-order chi connectivity index (χ0) is 13.4. The van der Waals surface area contributed by atoms with Crippen LogP contribution in [-0.2, 0) is 20.0 Å². The van der Waals surface area contributed by atoms with Gasteiger partial charge in [-0.25, -0.2) is 4.98 Å². The average Bonchev–Trinajstić information content (AvgIpc) is 2.98. The molecule has 19 heavy (non-hydrogen) atoms. The van der Waals surface area contributed by atoms with Gasteiger partial charge in [-0.1, -0.05) is 0 Å². The van der Waals surface area contributed by atoms with Crippen molar-refractivity contribution in [3.63, 3.8) is 0 Å². The standard InChI is InChI=1S/C11H11N5OS2/c1-15-6-12-8(14-15)2-4-16-10(17)9-7(3-5-19-9)13-11(16)18/h3,5-6H,2,4H2,1H3,(H,13,18). The zero-order valence-corrected chi connectivity index (χ0v) is 11.8. The van der Waals surface area contributed by atoms with Crippen molar-refractivity contribution in [1.82, 2.24) is 24.3 Å². The summed E-state index contributed by atoms with van der Waals surface area (Å²) in [6, 6.07) is 1.86. The summed E-state index contributed by atoms with van der Waals surface area (Å²) in [7, 11) is 1.81. The Morgan fingerprint density at radius 2 is 2.37 bits per heavy atom. The number of nitrogens with zero attached hydrogens (tertiary/aromatic N) is 4. The van der Waals surface area contributed by atoms with Crippen LogP contribution in [0.5, 0.6) is 0 Å². The third kappa shape index (κ3) is 2.24. The number of fused-ring (bicyclic) bond motifs is 1. The second-order valence-corrected chi connectivity index (χ2v) is 5.44. The molecule has 8 heteroatoms. The molecular weight excluding hydrogens is 282 g/mol. The fourth-order valence-corrected chi connectivity index (χ4v) is 2.97. The van der Waals surface area contributed by atoms with E-state index in [9.17, 15) is 4.79 Å². The van der Waals surface area contributed by atoms with Crippen molar-refractivity contribution in [3.8, 4) is 0 Å². The van der Waals surface area contributed by atoms with Crippen molar-refractivity contribution in [2.24, 2.45) is 7.05 Å². The minimum atomic E-state index is -0.0512. The Labute approximate surface area is 117 Å². The third-order valence-electron chi connectivity index (χ3n) is 2.80. The minimum absolute atomic E-state index is 0.0512. The van der Waals surface area contributed by atoms with Gasteiger partial charge < -0.3 is 4.98 Å². The molecular formula is C11H11N5OS2. The largest absolute Gasteiger partial charge is 0.331 e. The number of rotatable bonds is 3. The van der Waals surface area contributed by atoms with E-state index in [2.05, 4.69) is 15.1 Å². The van der Waals surface area contributed by atoms with Crippen molar-refractivity contribution in [2.75, 3.05) is 0 Å². The smallest absolute Gasteiger partial charge is 0.272 e. The summed E-state index contributed by atoms with van der Waals surface area (Å²) < 4.78 is 4.33. The predicted octanol–water partition coefficient (Wildman–Crippen LogP) is 1.49. The average molecular weight is 293 g/mol. The van der Waals surface area contributed by atoms with Gasteiger partial charge >= 0.3 is 0 Å². The van der Waals surface area contributed by atoms with E-state index < -0.39 is 0 Å². The lowest BCUT2D eigenvalue weighted by atomic mass is 10.4. The van der Waals surface area contributed by atoms with Gasteiger partial charge in [0, 0.05) is 20.0 Å². The summed E-state index contributed by atoms with van der Waals surface area (Å²) in [5.74, 6) is 0.704. The molecule has 0 spiro atoms. The first-order valence-electron chi connectivity index (χ1n) is 5.70. The fourth-order valence-electron chi connectivity index (χ4n) is 1.88. The van der Waals surface area contributed by atoms with Crippen LogP contribution in [0.25, 0.3) is 10.2 Å². The molecule has 0 fully saturated rings. The quantitative estimate of drug-likeness (QED) is 0.743. The van der Waals surface area contributed by atoms with Crippen molar-refractivity contribution >= 4 is 33.8 Å². The topological polar surface area (TPSA) is 68.5 Å². The van der Waals surface area contributed by atoms with E-state index in [1.165, 1.54) is 11.3 Å². The van der Waals surface area contributed by atoms with Crippen LogP contribution in [0.1, 0.15) is 5.82 Å². The van der Waals surface area contributed by atoms with Gasteiger partial charge in [-0.05, 0) is 23.7 Å². The van der Waals surface area contributed by atoms with Gasteiger partial charge in [0.1, 0.15) is 11.0 Å². The van der Waals surface area contributed by atoms with Gasteiger partial charge in [-0.15, -0.1) is 11.3 Å². The van der Waals surface area contributed by atoms with Crippen LogP contribution in [0.3, 0.4) is 0 Å². The van der Waals surface area contributed by atoms with E-state index in [1.54, 1.807) is 15.6 Å². The monoisotopic (exact) mass is 293 g/mol. The Kier molecular flexibility index (Phi) is 3.03. The van der Waals surface area contributed by atoms with E-state index in [0.717, 1.165) is 5.52 Å². The number of aromatic amines is 1. The molecule has 0 saturated carbocycles. The summed E-state index contributed by atoms with van der Waals surface area (Å²) in [6.45, 7) is 0.478. The van der Waals surface area contributed by atoms with E-state index in [1.807, 2.05) is 18.5 Å². The normalized spacial score (nSPS) is 11.2. The molecule has 0 amide bonds. The second-order valence-electron chi connectivity index (χ2n) is 4.13. The molecule has 0 atom stereocenters. The molecule has 3 aromatic heterocycles. The molecule has 3 aromatic rings. The van der Waals surface area contributed by atoms with Crippen LogP contribution in [0.15, 0.2) is 22.6 Å². The minimum Gasteiger partial charge on any atom is -0.331 e. The Balaban J connectivity index is 1.96. The number of H-pyrrole nitrogens is 1. The van der Waals surface area contributed by atoms with E-state index >= 15 is 0 Å². The van der Waals surface area contributed by atoms with Gasteiger partial charge in [-0.3, -0.25) is 14.0 Å². The summed E-state index contributed by atoms with van der Waals surface area (Å²) >= 11 is 6.64. The zero-order valence-electron chi connectivity index (χ0n) is 10.2. The van der Waals surface area contributed by atoms with Crippen molar-refractivity contribution in [1.29, 1.82) is 0 Å². The maximum Gasteiger partial charge on any atom is 0.272 e. The van der Waals surface area contributed by atoms with Crippen LogP contribution in [0, 0.1) is 4.77 Å². The lowest BCUT2D eigenvalue weighted by molar-refractivity contribution is 0.628. The molecule has 6 nitrogen and oxygen atoms in total. The molecule has 3 rings (SSSR count). The first-order valence-corrected chi connectivity index (χ1v) is 6.99. The van der Waals surface area contributed by atoms with Crippen molar-refractivity contribution in [3.05, 3.63) is 38.7 Å². The van der Waals surface area contributed by atoms with Gasteiger partial charge in [0.05, 0.1) is 5.52 Å². The molecule has 0 radical (unpaired) electrons. The van der Waals surface area contributed by atoms with Gasteiger partial charge in [0.15, 0.2) is 10.6 Å². The molecule has 1 N–H and O–H groups in total. The summed E-state index contributed by atoms with van der Waals surface area (Å²) in [4.78, 5) is 19.5. The number of hydrogen-bond acceptors (Lipinski definition) is 5. The molecule has 0 aliphatic carbocycles. The summed E-state index contributed by atoms with van der Waals surface area (Å²) in [5.41, 5.74) is 0.747. The molecule has 0 bridgehead atoms. The van der Waals surface area contributed by atoms with Gasteiger partial charge in [0.25, 0.3) is 5.56 Å². The van der Waals surface area contributed by atoms with Crippen molar-refractivity contribution in [2.45, 2.75) is 13.0 Å². The highest BCUT2D eigenvalue weighted by Gasteiger charge is 2.07. The van der Waals surface area contributed by atoms with Crippen LogP contribution in [0.4, 0.5) is 0 Å². The Bertz CT molecular complexity index is 841. The third-order valence-corrected chi connectivity index (χ3v) is 4.02. The second kappa shape index (κ2) is 4.71. The molecule has 98 valence electrons. The molecule has 3 heterocycles. The van der Waals surface area contributed by atoms with Gasteiger partial charge in [0.2, 0.25) is 0 Å². The van der Waals surface area contributed by atoms with Crippen LogP contribution < -0.4 is 5.56 Å². The van der Waals surface area contributed by atoms with Crippen LogP contribution in [-0.4, -0.2) is 24.3 Å². The lowest BCUT2D eigenvalue weighted by Crippen LogP contribution is -2.22. The number of thiophene rings is 1. The van der Waals surface area contributed by atoms with E-state index in [4.69, 9.17) is 12.2 Å². The molecule has 0 saturated heterocycles. The van der Waals surface area contributed by atoms with Gasteiger partial charge in [-0.2, -0.15) is 5.10 Å². The Hall–Kier alpha value is -1.80. The Morgan fingerprint density at radius 3 is 3.11 bits per heavy atom. The maximum absolute atomic E-state index is 12.3. The molecule has 0 aromatic carbocycles. The van der Waals surface area contributed by atoms with E-state index in [0.29, 0.717) is 28.3 Å². The SMILES string of the molecule is Cn1cnc(CCn2c(=S)[nH]c3ccsc3c2=O)n1. The Morgan fingerprint density at radius 1 is 1.53 bits per heavy atom. The number of aromatic nitrogens is 5. The molecule has 0 unspecified atom stereocenters. The highest BCUT2D eigenvalue weighted by Crippen LogP contribution is 2.13. The number of aryl methyl sites for hydroxylation is 2. The van der Waals surface area contributed by atoms with E-state index in [-0.39, 0.29) is 5.56 Å². The number of hydrogen-bond donors (Lipinski definition) is 1. The van der Waals surface area contributed by atoms with Crippen molar-refractivity contribution < 1.29 is 0 Å². The fraction of sp³-hybridized carbons (Fsp3) is 0.273. The highest BCUT2D eigenvalue weighted by molar-refractivity contribution is 7.71. The molecule has 0 aliphatic heterocycles. The number of nitrogens with one attached hydrogen (secondary N) is 1. The summed E-state index contributed by atoms with van der Waals surface area (Å²) in [5, 5.41) is 6.06.